The number of hydrogen-bond acceptors (Lipinski definition) is 2. The van der Waals surface area contributed by atoms with E-state index in [2.05, 4.69) is 10.4 Å². The van der Waals surface area contributed by atoms with Gasteiger partial charge in [0.1, 0.15) is 5.69 Å². The van der Waals surface area contributed by atoms with Crippen molar-refractivity contribution in [2.24, 2.45) is 0 Å². The van der Waals surface area contributed by atoms with Crippen molar-refractivity contribution in [2.45, 2.75) is 32.4 Å². The van der Waals surface area contributed by atoms with E-state index >= 15 is 0 Å². The molecule has 126 valence electrons. The van der Waals surface area contributed by atoms with Gasteiger partial charge >= 0.3 is 12.4 Å². The zero-order valence-corrected chi connectivity index (χ0v) is 12.0. The van der Waals surface area contributed by atoms with Gasteiger partial charge < -0.3 is 5.32 Å². The summed E-state index contributed by atoms with van der Waals surface area (Å²) in [7, 11) is 0. The van der Waals surface area contributed by atoms with Gasteiger partial charge in [-0.1, -0.05) is 0 Å². The Morgan fingerprint density at radius 3 is 2.04 bits per heavy atom. The van der Waals surface area contributed by atoms with Gasteiger partial charge in [-0.15, -0.1) is 0 Å². The number of aryl methyl sites for hydroxylation is 1. The van der Waals surface area contributed by atoms with Crippen LogP contribution in [0.3, 0.4) is 0 Å². The van der Waals surface area contributed by atoms with Gasteiger partial charge in [0.2, 0.25) is 0 Å². The van der Waals surface area contributed by atoms with Gasteiger partial charge in [-0.3, -0.25) is 4.68 Å². The predicted molar refractivity (Wildman–Crippen MR) is 71.7 cm³/mol. The highest BCUT2D eigenvalue weighted by Crippen LogP contribution is 2.31. The van der Waals surface area contributed by atoms with Crippen LogP contribution in [0.15, 0.2) is 30.3 Å². The Morgan fingerprint density at radius 1 is 1.00 bits per heavy atom. The summed E-state index contributed by atoms with van der Waals surface area (Å²) in [5.41, 5.74) is -1.14. The van der Waals surface area contributed by atoms with E-state index in [4.69, 9.17) is 0 Å². The number of alkyl halides is 6. The molecule has 0 amide bonds. The van der Waals surface area contributed by atoms with Crippen molar-refractivity contribution in [2.75, 3.05) is 5.32 Å². The van der Waals surface area contributed by atoms with Crippen LogP contribution in [0.25, 0.3) is 0 Å². The highest BCUT2D eigenvalue weighted by Gasteiger charge is 2.35. The second-order valence-electron chi connectivity index (χ2n) is 4.76. The minimum atomic E-state index is -4.50. The predicted octanol–water partition coefficient (Wildman–Crippen LogP) is 4.55. The van der Waals surface area contributed by atoms with Crippen LogP contribution in [0.2, 0.25) is 0 Å². The average Bonchev–Trinajstić information content (AvgIpc) is 2.88. The van der Waals surface area contributed by atoms with E-state index in [1.807, 2.05) is 0 Å². The first-order valence-electron chi connectivity index (χ1n) is 6.66. The topological polar surface area (TPSA) is 29.9 Å². The van der Waals surface area contributed by atoms with Crippen LogP contribution >= 0.6 is 0 Å². The molecule has 2 rings (SSSR count). The smallest absolute Gasteiger partial charge is 0.379 e. The molecule has 3 nitrogen and oxygen atoms in total. The Morgan fingerprint density at radius 2 is 1.61 bits per heavy atom. The normalized spacial score (nSPS) is 12.5. The van der Waals surface area contributed by atoms with Crippen molar-refractivity contribution in [1.82, 2.24) is 9.78 Å². The molecule has 0 aliphatic heterocycles. The molecule has 0 atom stereocenters. The van der Waals surface area contributed by atoms with Crippen molar-refractivity contribution < 1.29 is 26.3 Å². The van der Waals surface area contributed by atoms with Crippen molar-refractivity contribution in [1.29, 1.82) is 0 Å². The van der Waals surface area contributed by atoms with E-state index in [1.165, 1.54) is 19.1 Å². The molecule has 1 heterocycles. The molecule has 1 aromatic carbocycles. The number of nitrogens with one attached hydrogen (secondary N) is 1. The molecule has 0 aliphatic rings. The third-order valence-electron chi connectivity index (χ3n) is 3.11. The maximum atomic E-state index is 12.8. The first-order chi connectivity index (χ1) is 10.6. The zero-order valence-electron chi connectivity index (χ0n) is 12.0. The quantitative estimate of drug-likeness (QED) is 0.830. The van der Waals surface area contributed by atoms with Gasteiger partial charge in [-0.25, -0.2) is 0 Å². The maximum Gasteiger partial charge on any atom is 0.433 e. The van der Waals surface area contributed by atoms with Crippen molar-refractivity contribution in [3.63, 3.8) is 0 Å². The first kappa shape index (κ1) is 17.2. The van der Waals surface area contributed by atoms with Crippen LogP contribution in [0, 0.1) is 0 Å². The lowest BCUT2D eigenvalue weighted by Crippen LogP contribution is -2.13. The summed E-state index contributed by atoms with van der Waals surface area (Å²) in [5.74, 6) is 0. The summed E-state index contributed by atoms with van der Waals surface area (Å²) in [6.45, 7) is 1.58. The molecule has 0 spiro atoms. The molecule has 0 unspecified atom stereocenters. The van der Waals surface area contributed by atoms with Gasteiger partial charge in [-0.2, -0.15) is 31.4 Å². The number of anilines is 1. The highest BCUT2D eigenvalue weighted by molar-refractivity contribution is 5.45. The van der Waals surface area contributed by atoms with E-state index in [-0.39, 0.29) is 18.8 Å². The summed E-state index contributed by atoms with van der Waals surface area (Å²) in [5, 5.41) is 6.57. The largest absolute Gasteiger partial charge is 0.433 e. The SMILES string of the molecule is CCn1nc(CNc2ccc(C(F)(F)F)cc2)cc1C(F)(F)F. The molecule has 23 heavy (non-hydrogen) atoms. The minimum absolute atomic E-state index is 0.0263. The summed E-state index contributed by atoms with van der Waals surface area (Å²) < 4.78 is 76.5. The lowest BCUT2D eigenvalue weighted by atomic mass is 10.2. The van der Waals surface area contributed by atoms with E-state index in [1.54, 1.807) is 0 Å². The van der Waals surface area contributed by atoms with Crippen LogP contribution in [0.4, 0.5) is 32.0 Å². The molecule has 0 radical (unpaired) electrons. The van der Waals surface area contributed by atoms with Gasteiger partial charge in [-0.05, 0) is 37.3 Å². The number of benzene rings is 1. The van der Waals surface area contributed by atoms with Crippen LogP contribution in [0.5, 0.6) is 0 Å². The molecule has 0 saturated heterocycles. The molecular weight excluding hydrogens is 324 g/mol. The second kappa shape index (κ2) is 6.13. The standard InChI is InChI=1S/C14H13F6N3/c1-2-23-12(14(18,19)20)7-11(22-23)8-21-10-5-3-9(4-6-10)13(15,16)17/h3-7,21H,2,8H2,1H3. The minimum Gasteiger partial charge on any atom is -0.379 e. The Bertz CT molecular complexity index is 655. The summed E-state index contributed by atoms with van der Waals surface area (Å²) in [4.78, 5) is 0. The molecule has 0 saturated carbocycles. The fraction of sp³-hybridized carbons (Fsp3) is 0.357. The molecule has 1 aromatic heterocycles. The van der Waals surface area contributed by atoms with Crippen molar-refractivity contribution in [3.05, 3.63) is 47.3 Å². The molecule has 0 fully saturated rings. The van der Waals surface area contributed by atoms with Gasteiger partial charge in [0, 0.05) is 12.2 Å². The van der Waals surface area contributed by atoms with Crippen LogP contribution < -0.4 is 5.32 Å². The number of halogens is 6. The second-order valence-corrected chi connectivity index (χ2v) is 4.76. The Labute approximate surface area is 127 Å². The highest BCUT2D eigenvalue weighted by atomic mass is 19.4. The lowest BCUT2D eigenvalue weighted by Gasteiger charge is -2.08. The fourth-order valence-corrected chi connectivity index (χ4v) is 2.00. The fourth-order valence-electron chi connectivity index (χ4n) is 2.00. The molecule has 0 aliphatic carbocycles. The lowest BCUT2D eigenvalue weighted by molar-refractivity contribution is -0.144. The number of aromatic nitrogens is 2. The zero-order chi connectivity index (χ0) is 17.3. The van der Waals surface area contributed by atoms with E-state index in [9.17, 15) is 26.3 Å². The van der Waals surface area contributed by atoms with Gasteiger partial charge in [0.15, 0.2) is 0 Å². The van der Waals surface area contributed by atoms with Crippen LogP contribution in [-0.2, 0) is 25.4 Å². The Balaban J connectivity index is 2.08. The average molecular weight is 337 g/mol. The summed E-state index contributed by atoms with van der Waals surface area (Å²) >= 11 is 0. The third kappa shape index (κ3) is 4.17. The summed E-state index contributed by atoms with van der Waals surface area (Å²) in [6, 6.07) is 5.14. The number of hydrogen-bond donors (Lipinski definition) is 1. The molecule has 1 N–H and O–H groups in total. The van der Waals surface area contributed by atoms with Crippen molar-refractivity contribution in [3.8, 4) is 0 Å². The Kier molecular flexibility index (Phi) is 4.58. The van der Waals surface area contributed by atoms with E-state index in [0.717, 1.165) is 22.9 Å². The van der Waals surface area contributed by atoms with Gasteiger partial charge in [0.25, 0.3) is 0 Å². The Hall–Kier alpha value is -2.19. The number of nitrogens with zero attached hydrogens (tertiary/aromatic N) is 2. The molecule has 0 bridgehead atoms. The van der Waals surface area contributed by atoms with Crippen LogP contribution in [0.1, 0.15) is 23.9 Å². The molecular formula is C14H13F6N3. The van der Waals surface area contributed by atoms with Crippen LogP contribution in [-0.4, -0.2) is 9.78 Å². The number of rotatable bonds is 4. The maximum absolute atomic E-state index is 12.8. The van der Waals surface area contributed by atoms with Crippen molar-refractivity contribution >= 4 is 5.69 Å². The first-order valence-corrected chi connectivity index (χ1v) is 6.66. The van der Waals surface area contributed by atoms with E-state index < -0.39 is 23.6 Å². The monoisotopic (exact) mass is 337 g/mol. The molecule has 2 aromatic rings. The van der Waals surface area contributed by atoms with Gasteiger partial charge in [0.05, 0.1) is 17.8 Å². The van der Waals surface area contributed by atoms with E-state index in [0.29, 0.717) is 5.69 Å². The molecule has 9 heteroatoms. The third-order valence-corrected chi connectivity index (χ3v) is 3.11. The summed E-state index contributed by atoms with van der Waals surface area (Å²) in [6.07, 6.45) is -8.93.